The van der Waals surface area contributed by atoms with Crippen LogP contribution in [0.2, 0.25) is 0 Å². The summed E-state index contributed by atoms with van der Waals surface area (Å²) in [5.41, 5.74) is 0. The van der Waals surface area contributed by atoms with E-state index in [-0.39, 0.29) is 0 Å². The van der Waals surface area contributed by atoms with Gasteiger partial charge in [0.05, 0.1) is 0 Å². The van der Waals surface area contributed by atoms with Crippen LogP contribution in [0.4, 0.5) is 0 Å². The van der Waals surface area contributed by atoms with Gasteiger partial charge in [-0.2, -0.15) is 0 Å². The van der Waals surface area contributed by atoms with Gasteiger partial charge in [-0.1, -0.05) is 0 Å². The van der Waals surface area contributed by atoms with Crippen LogP contribution in [0.15, 0.2) is 136 Å². The summed E-state index contributed by atoms with van der Waals surface area (Å²) in [4.78, 5) is 8.76. The van der Waals surface area contributed by atoms with Crippen LogP contribution in [0, 0.1) is 0 Å². The topological polar surface area (TPSA) is 0 Å². The summed E-state index contributed by atoms with van der Waals surface area (Å²) >= 11 is 19.1. The zero-order chi connectivity index (χ0) is 23.3. The Morgan fingerprint density at radius 1 is 0.364 bits per heavy atom. The molecule has 4 rings (SSSR count). The Balaban J connectivity index is 1.86. The molecule has 0 atom stereocenters. The predicted molar refractivity (Wildman–Crippen MR) is 164 cm³/mol. The first kappa shape index (κ1) is 26.3. The van der Waals surface area contributed by atoms with Crippen molar-refractivity contribution in [2.75, 3.05) is 0 Å². The first-order chi connectivity index (χ1) is 16.0. The number of benzene rings is 4. The van der Waals surface area contributed by atoms with Gasteiger partial charge >= 0.3 is 236 Å². The summed E-state index contributed by atoms with van der Waals surface area (Å²) in [7, 11) is 4.79. The molecule has 0 nitrogen and oxygen atoms in total. The van der Waals surface area contributed by atoms with Gasteiger partial charge in [-0.15, -0.1) is 0 Å². The summed E-state index contributed by atoms with van der Waals surface area (Å²) < 4.78 is 0. The molecule has 0 N–H and O–H groups in total. The van der Waals surface area contributed by atoms with E-state index in [0.29, 0.717) is 0 Å². The Morgan fingerprint density at radius 3 is 0.788 bits per heavy atom. The number of rotatable bonds is 8. The molecular formula is C24H20GeS8. The van der Waals surface area contributed by atoms with Gasteiger partial charge in [-0.3, -0.25) is 0 Å². The summed E-state index contributed by atoms with van der Waals surface area (Å²) in [6, 6.07) is 33.4. The van der Waals surface area contributed by atoms with Crippen LogP contribution in [-0.2, 0) is 0 Å². The molecule has 4 aromatic rings. The third-order valence-electron chi connectivity index (χ3n) is 4.40. The van der Waals surface area contributed by atoms with Crippen molar-refractivity contribution in [2.45, 2.75) is 39.2 Å². The molecule has 0 amide bonds. The zero-order valence-corrected chi connectivity index (χ0v) is 26.1. The third-order valence-corrected chi connectivity index (χ3v) is 37.3. The first-order valence-electron chi connectivity index (χ1n) is 9.84. The van der Waals surface area contributed by atoms with Crippen molar-refractivity contribution < 1.29 is 0 Å². The van der Waals surface area contributed by atoms with E-state index in [4.69, 9.17) is 50.5 Å². The fraction of sp³-hybridized carbons (Fsp3) is 0. The second-order valence-electron chi connectivity index (χ2n) is 6.78. The average Bonchev–Trinajstić information content (AvgIpc) is 2.80. The van der Waals surface area contributed by atoms with E-state index >= 15 is 0 Å². The van der Waals surface area contributed by atoms with Crippen LogP contribution >= 0.6 is 90.9 Å². The van der Waals surface area contributed by atoms with Gasteiger partial charge in [0.1, 0.15) is 0 Å². The summed E-state index contributed by atoms with van der Waals surface area (Å²) in [6.07, 6.45) is 0. The van der Waals surface area contributed by atoms with E-state index in [0.717, 1.165) is 19.6 Å². The van der Waals surface area contributed by atoms with Crippen LogP contribution < -0.4 is 0 Å². The van der Waals surface area contributed by atoms with E-state index in [1.54, 1.807) is 0 Å². The number of thiol groups is 4. The molecule has 0 fully saturated rings. The molecule has 0 saturated heterocycles. The molecule has 0 unspecified atom stereocenters. The Labute approximate surface area is 233 Å². The van der Waals surface area contributed by atoms with Crippen molar-refractivity contribution in [3.63, 3.8) is 0 Å². The first-order valence-corrected chi connectivity index (χ1v) is 25.2. The molecule has 0 spiro atoms. The van der Waals surface area contributed by atoms with Crippen molar-refractivity contribution in [3.8, 4) is 0 Å². The average molecular weight is 638 g/mol. The predicted octanol–water partition coefficient (Wildman–Crippen LogP) is 9.75. The summed E-state index contributed by atoms with van der Waals surface area (Å²) in [5, 5.41) is 0. The molecule has 0 aromatic heterocycles. The molecule has 0 aliphatic heterocycles. The van der Waals surface area contributed by atoms with Crippen molar-refractivity contribution in [2.24, 2.45) is 0 Å². The SMILES string of the molecule is Sc1ccccc1[S][Ge]([S]c1ccccc1S)([S]c1ccccc1S)[S]c1ccccc1S. The van der Waals surface area contributed by atoms with Gasteiger partial charge in [0.15, 0.2) is 0 Å². The van der Waals surface area contributed by atoms with Crippen LogP contribution in [0.25, 0.3) is 0 Å². The second kappa shape index (κ2) is 12.5. The fourth-order valence-electron chi connectivity index (χ4n) is 2.84. The minimum atomic E-state index is -3.10. The van der Waals surface area contributed by atoms with Crippen LogP contribution in [0.5, 0.6) is 0 Å². The van der Waals surface area contributed by atoms with Crippen molar-refractivity contribution in [3.05, 3.63) is 97.1 Å². The van der Waals surface area contributed by atoms with Crippen molar-refractivity contribution in [1.29, 1.82) is 0 Å². The molecular weight excluding hydrogens is 617 g/mol. The van der Waals surface area contributed by atoms with Gasteiger partial charge in [0.25, 0.3) is 0 Å². The molecule has 0 aliphatic rings. The molecule has 4 aromatic carbocycles. The minimum absolute atomic E-state index is 0.997. The van der Waals surface area contributed by atoms with Crippen molar-refractivity contribution in [1.82, 2.24) is 0 Å². The van der Waals surface area contributed by atoms with E-state index < -0.39 is 8.70 Å². The number of hydrogen-bond donors (Lipinski definition) is 4. The number of hydrogen-bond acceptors (Lipinski definition) is 8. The van der Waals surface area contributed by atoms with Crippen LogP contribution in [-0.4, -0.2) is 8.70 Å². The Morgan fingerprint density at radius 2 is 0.576 bits per heavy atom. The van der Waals surface area contributed by atoms with E-state index in [9.17, 15) is 0 Å². The van der Waals surface area contributed by atoms with E-state index in [1.807, 2.05) is 64.6 Å². The zero-order valence-electron chi connectivity index (χ0n) is 17.2. The monoisotopic (exact) mass is 638 g/mol. The molecule has 0 radical (unpaired) electrons. The Bertz CT molecular complexity index is 1050. The third kappa shape index (κ3) is 7.14. The van der Waals surface area contributed by atoms with E-state index in [1.165, 1.54) is 19.6 Å². The van der Waals surface area contributed by atoms with Gasteiger partial charge in [-0.05, 0) is 0 Å². The summed E-state index contributed by atoms with van der Waals surface area (Å²) in [6.45, 7) is 0. The van der Waals surface area contributed by atoms with Crippen LogP contribution in [0.3, 0.4) is 0 Å². The Kier molecular flexibility index (Phi) is 9.92. The standard InChI is InChI=1S/C24H20GeS8/c26-17-9-1-5-13-21(17)30-25(31-22-14-6-2-10-18(22)27,32-23-15-7-3-11-19(23)28)33-24-16-8-4-12-20(24)29/h1-16,26-29H. The normalized spacial score (nSPS) is 11.5. The molecule has 0 bridgehead atoms. The molecule has 0 aliphatic carbocycles. The molecule has 33 heavy (non-hydrogen) atoms. The Hall–Kier alpha value is 0.223. The molecule has 0 saturated carbocycles. The quantitative estimate of drug-likeness (QED) is 0.112. The van der Waals surface area contributed by atoms with E-state index in [2.05, 4.69) is 72.8 Å². The van der Waals surface area contributed by atoms with Gasteiger partial charge in [0, 0.05) is 0 Å². The maximum absolute atomic E-state index is 4.79. The van der Waals surface area contributed by atoms with Crippen LogP contribution in [0.1, 0.15) is 0 Å². The van der Waals surface area contributed by atoms with Gasteiger partial charge in [0.2, 0.25) is 0 Å². The maximum atomic E-state index is 4.79. The fourth-order valence-corrected chi connectivity index (χ4v) is 42.3. The van der Waals surface area contributed by atoms with Gasteiger partial charge in [-0.25, -0.2) is 0 Å². The molecule has 168 valence electrons. The van der Waals surface area contributed by atoms with Gasteiger partial charge < -0.3 is 0 Å². The van der Waals surface area contributed by atoms with Crippen molar-refractivity contribution >= 4 is 99.6 Å². The molecule has 0 heterocycles. The summed E-state index contributed by atoms with van der Waals surface area (Å²) in [5.74, 6) is 0. The molecule has 9 heteroatoms. The second-order valence-corrected chi connectivity index (χ2v) is 39.3.